The van der Waals surface area contributed by atoms with E-state index in [1.807, 2.05) is 0 Å². The summed E-state index contributed by atoms with van der Waals surface area (Å²) in [6.45, 7) is 0. The van der Waals surface area contributed by atoms with Crippen molar-refractivity contribution < 1.29 is 23.8 Å². The second-order valence-corrected chi connectivity index (χ2v) is 4.34. The molecule has 1 atom stereocenters. The van der Waals surface area contributed by atoms with Gasteiger partial charge in [0.2, 0.25) is 0 Å². The topological polar surface area (TPSA) is 61.8 Å². The first-order valence-electron chi connectivity index (χ1n) is 5.99. The van der Waals surface area contributed by atoms with E-state index in [9.17, 15) is 9.59 Å². The highest BCUT2D eigenvalue weighted by Gasteiger charge is 2.34. The Labute approximate surface area is 111 Å². The smallest absolute Gasteiger partial charge is 0.316 e. The summed E-state index contributed by atoms with van der Waals surface area (Å²) < 4.78 is 15.0. The highest BCUT2D eigenvalue weighted by Crippen LogP contribution is 2.35. The summed E-state index contributed by atoms with van der Waals surface area (Å²) >= 11 is 0. The van der Waals surface area contributed by atoms with Crippen molar-refractivity contribution in [3.8, 4) is 11.5 Å². The van der Waals surface area contributed by atoms with Crippen molar-refractivity contribution in [2.24, 2.45) is 5.92 Å². The van der Waals surface area contributed by atoms with E-state index >= 15 is 0 Å². The van der Waals surface area contributed by atoms with Crippen molar-refractivity contribution in [1.82, 2.24) is 0 Å². The predicted molar refractivity (Wildman–Crippen MR) is 67.7 cm³/mol. The van der Waals surface area contributed by atoms with Crippen molar-refractivity contribution in [2.45, 2.75) is 12.8 Å². The van der Waals surface area contributed by atoms with Gasteiger partial charge in [-0.3, -0.25) is 9.59 Å². The quantitative estimate of drug-likeness (QED) is 0.613. The van der Waals surface area contributed by atoms with Crippen LogP contribution in [0.5, 0.6) is 11.5 Å². The Kier molecular flexibility index (Phi) is 3.74. The monoisotopic (exact) mass is 264 g/mol. The van der Waals surface area contributed by atoms with Gasteiger partial charge in [0.1, 0.15) is 5.92 Å². The minimum absolute atomic E-state index is 0.214. The molecule has 0 fully saturated rings. The number of aryl methyl sites for hydroxylation is 1. The number of carbonyl (C=O) groups is 2. The summed E-state index contributed by atoms with van der Waals surface area (Å²) in [5, 5.41) is 0. The molecule has 0 spiro atoms. The second-order valence-electron chi connectivity index (χ2n) is 4.34. The molecule has 0 heterocycles. The standard InChI is InChI=1S/C14H16O5/c1-17-11-6-8-4-5-9(14(16)19-3)13(15)10(8)7-12(11)18-2/h6-7,9H,4-5H2,1-3H3. The van der Waals surface area contributed by atoms with E-state index in [2.05, 4.69) is 4.74 Å². The van der Waals surface area contributed by atoms with Crippen LogP contribution in [0.2, 0.25) is 0 Å². The van der Waals surface area contributed by atoms with E-state index in [0.717, 1.165) is 5.56 Å². The number of carbonyl (C=O) groups excluding carboxylic acids is 2. The Morgan fingerprint density at radius 3 is 2.37 bits per heavy atom. The van der Waals surface area contributed by atoms with Crippen LogP contribution in [0.3, 0.4) is 0 Å². The van der Waals surface area contributed by atoms with Crippen molar-refractivity contribution in [2.75, 3.05) is 21.3 Å². The molecule has 0 radical (unpaired) electrons. The first kappa shape index (κ1) is 13.4. The first-order valence-corrected chi connectivity index (χ1v) is 5.99. The van der Waals surface area contributed by atoms with Gasteiger partial charge >= 0.3 is 5.97 Å². The van der Waals surface area contributed by atoms with Gasteiger partial charge in [-0.1, -0.05) is 0 Å². The molecule has 2 rings (SSSR count). The third-order valence-electron chi connectivity index (χ3n) is 3.38. The lowest BCUT2D eigenvalue weighted by Gasteiger charge is -2.22. The number of hydrogen-bond donors (Lipinski definition) is 0. The Hall–Kier alpha value is -2.04. The van der Waals surface area contributed by atoms with Crippen molar-refractivity contribution in [3.05, 3.63) is 23.3 Å². The number of hydrogen-bond acceptors (Lipinski definition) is 5. The van der Waals surface area contributed by atoms with Gasteiger partial charge in [-0.05, 0) is 30.5 Å². The summed E-state index contributed by atoms with van der Waals surface area (Å²) in [5.74, 6) is -0.333. The molecule has 5 nitrogen and oxygen atoms in total. The van der Waals surface area contributed by atoms with Crippen LogP contribution >= 0.6 is 0 Å². The van der Waals surface area contributed by atoms with Gasteiger partial charge in [0.25, 0.3) is 0 Å². The Morgan fingerprint density at radius 2 is 1.79 bits per heavy atom. The SMILES string of the molecule is COC(=O)C1CCc2cc(OC)c(OC)cc2C1=O. The zero-order valence-corrected chi connectivity index (χ0v) is 11.2. The zero-order chi connectivity index (χ0) is 14.0. The second kappa shape index (κ2) is 5.30. The van der Waals surface area contributed by atoms with Crippen LogP contribution in [0.4, 0.5) is 0 Å². The summed E-state index contributed by atoms with van der Waals surface area (Å²) in [4.78, 5) is 23.9. The first-order chi connectivity index (χ1) is 9.12. The molecule has 0 aliphatic heterocycles. The van der Waals surface area contributed by atoms with E-state index in [1.54, 1.807) is 19.2 Å². The minimum Gasteiger partial charge on any atom is -0.493 e. The number of fused-ring (bicyclic) bond motifs is 1. The largest absolute Gasteiger partial charge is 0.493 e. The molecule has 1 aliphatic carbocycles. The zero-order valence-electron chi connectivity index (χ0n) is 11.2. The van der Waals surface area contributed by atoms with Crippen LogP contribution in [0.15, 0.2) is 12.1 Å². The number of rotatable bonds is 3. The minimum atomic E-state index is -0.712. The number of esters is 1. The van der Waals surface area contributed by atoms with E-state index in [1.165, 1.54) is 14.2 Å². The van der Waals surface area contributed by atoms with Gasteiger partial charge in [0, 0.05) is 5.56 Å². The molecular formula is C14H16O5. The fraction of sp³-hybridized carbons (Fsp3) is 0.429. The highest BCUT2D eigenvalue weighted by molar-refractivity contribution is 6.10. The van der Waals surface area contributed by atoms with Gasteiger partial charge in [-0.2, -0.15) is 0 Å². The molecule has 19 heavy (non-hydrogen) atoms. The number of ketones is 1. The summed E-state index contributed by atoms with van der Waals surface area (Å²) in [6, 6.07) is 3.42. The summed E-state index contributed by atoms with van der Waals surface area (Å²) in [5.41, 5.74) is 1.39. The Morgan fingerprint density at radius 1 is 1.16 bits per heavy atom. The van der Waals surface area contributed by atoms with E-state index in [-0.39, 0.29) is 5.78 Å². The molecule has 0 saturated heterocycles. The maximum Gasteiger partial charge on any atom is 0.316 e. The molecule has 0 amide bonds. The molecule has 0 saturated carbocycles. The average molecular weight is 264 g/mol. The third-order valence-corrected chi connectivity index (χ3v) is 3.38. The normalized spacial score (nSPS) is 17.6. The molecule has 102 valence electrons. The molecule has 1 aromatic carbocycles. The van der Waals surface area contributed by atoms with E-state index < -0.39 is 11.9 Å². The Balaban J connectivity index is 2.43. The number of Topliss-reactive ketones (excluding diaryl/α,β-unsaturated/α-hetero) is 1. The third kappa shape index (κ3) is 2.28. The van der Waals surface area contributed by atoms with Crippen molar-refractivity contribution in [1.29, 1.82) is 0 Å². The molecule has 1 aliphatic rings. The highest BCUT2D eigenvalue weighted by atomic mass is 16.5. The van der Waals surface area contributed by atoms with Crippen LogP contribution < -0.4 is 9.47 Å². The summed E-state index contributed by atoms with van der Waals surface area (Å²) in [7, 11) is 4.35. The number of methoxy groups -OCH3 is 3. The molecular weight excluding hydrogens is 248 g/mol. The molecule has 0 bridgehead atoms. The van der Waals surface area contributed by atoms with Gasteiger partial charge in [-0.25, -0.2) is 0 Å². The fourth-order valence-electron chi connectivity index (χ4n) is 2.34. The summed E-state index contributed by atoms with van der Waals surface area (Å²) in [6.07, 6.45) is 1.11. The van der Waals surface area contributed by atoms with Crippen LogP contribution in [-0.4, -0.2) is 33.1 Å². The predicted octanol–water partition coefficient (Wildman–Crippen LogP) is 1.62. The molecule has 1 unspecified atom stereocenters. The van der Waals surface area contributed by atoms with Gasteiger partial charge in [0.05, 0.1) is 21.3 Å². The molecule has 0 aromatic heterocycles. The van der Waals surface area contributed by atoms with E-state index in [0.29, 0.717) is 29.9 Å². The number of ether oxygens (including phenoxy) is 3. The van der Waals surface area contributed by atoms with Crippen LogP contribution in [0.25, 0.3) is 0 Å². The van der Waals surface area contributed by atoms with Crippen molar-refractivity contribution in [3.63, 3.8) is 0 Å². The van der Waals surface area contributed by atoms with Gasteiger partial charge < -0.3 is 14.2 Å². The lowest BCUT2D eigenvalue weighted by atomic mass is 9.82. The van der Waals surface area contributed by atoms with Gasteiger partial charge in [-0.15, -0.1) is 0 Å². The molecule has 5 heteroatoms. The lowest BCUT2D eigenvalue weighted by Crippen LogP contribution is -2.30. The average Bonchev–Trinajstić information content (AvgIpc) is 2.45. The molecule has 0 N–H and O–H groups in total. The van der Waals surface area contributed by atoms with Crippen LogP contribution in [-0.2, 0) is 16.0 Å². The van der Waals surface area contributed by atoms with Crippen LogP contribution in [0.1, 0.15) is 22.3 Å². The fourth-order valence-corrected chi connectivity index (χ4v) is 2.34. The van der Waals surface area contributed by atoms with Crippen LogP contribution in [0, 0.1) is 5.92 Å². The van der Waals surface area contributed by atoms with Gasteiger partial charge in [0.15, 0.2) is 17.3 Å². The maximum absolute atomic E-state index is 12.3. The van der Waals surface area contributed by atoms with E-state index in [4.69, 9.17) is 9.47 Å². The Bertz CT molecular complexity index is 521. The number of benzene rings is 1. The molecule has 1 aromatic rings. The lowest BCUT2D eigenvalue weighted by molar-refractivity contribution is -0.143. The maximum atomic E-state index is 12.3. The van der Waals surface area contributed by atoms with Crippen molar-refractivity contribution >= 4 is 11.8 Å².